The molecule has 0 bridgehead atoms. The Kier molecular flexibility index (Phi) is 7.63. The summed E-state index contributed by atoms with van der Waals surface area (Å²) in [7, 11) is 1.35. The van der Waals surface area contributed by atoms with Crippen LogP contribution in [-0.4, -0.2) is 48.9 Å². The maximum atomic E-state index is 13.0. The number of carbonyl (C=O) groups is 3. The number of methoxy groups -OCH3 is 1. The molecule has 0 spiro atoms. The summed E-state index contributed by atoms with van der Waals surface area (Å²) >= 11 is 0. The quantitative estimate of drug-likeness (QED) is 0.547. The van der Waals surface area contributed by atoms with E-state index in [0.717, 1.165) is 10.5 Å². The Balaban J connectivity index is 1.68. The summed E-state index contributed by atoms with van der Waals surface area (Å²) in [6, 6.07) is 10.1. The molecular formula is C24H26F2N2O5. The summed E-state index contributed by atoms with van der Waals surface area (Å²) in [5.41, 5.74) is 1.32. The van der Waals surface area contributed by atoms with Gasteiger partial charge in [0.15, 0.2) is 11.5 Å². The van der Waals surface area contributed by atoms with Gasteiger partial charge in [-0.2, -0.15) is 8.78 Å². The summed E-state index contributed by atoms with van der Waals surface area (Å²) in [6.45, 7) is 1.07. The Morgan fingerprint density at radius 3 is 2.21 bits per heavy atom. The molecule has 1 unspecified atom stereocenters. The van der Waals surface area contributed by atoms with Gasteiger partial charge in [-0.1, -0.05) is 32.0 Å². The maximum absolute atomic E-state index is 13.0. The normalized spacial score (nSPS) is 14.0. The minimum Gasteiger partial charge on any atom is -0.493 e. The van der Waals surface area contributed by atoms with Crippen molar-refractivity contribution in [3.63, 3.8) is 0 Å². The number of benzene rings is 2. The van der Waals surface area contributed by atoms with Gasteiger partial charge in [-0.25, -0.2) is 0 Å². The number of carbonyl (C=O) groups excluding carboxylic acids is 3. The molecule has 0 aromatic heterocycles. The summed E-state index contributed by atoms with van der Waals surface area (Å²) in [5.74, 6) is -1.24. The molecule has 176 valence electrons. The van der Waals surface area contributed by atoms with Gasteiger partial charge >= 0.3 is 6.61 Å². The third-order valence-corrected chi connectivity index (χ3v) is 5.29. The lowest BCUT2D eigenvalue weighted by molar-refractivity contribution is -0.125. The van der Waals surface area contributed by atoms with Crippen LogP contribution in [0.5, 0.6) is 11.5 Å². The lowest BCUT2D eigenvalue weighted by Gasteiger charge is -2.26. The summed E-state index contributed by atoms with van der Waals surface area (Å²) < 4.78 is 34.5. The van der Waals surface area contributed by atoms with Crippen LogP contribution in [0.4, 0.5) is 8.78 Å². The molecule has 2 aromatic carbocycles. The number of hydrogen-bond donors (Lipinski definition) is 1. The second-order valence-electron chi connectivity index (χ2n) is 8.08. The zero-order valence-electron chi connectivity index (χ0n) is 18.6. The second kappa shape index (κ2) is 10.4. The molecule has 3 amide bonds. The van der Waals surface area contributed by atoms with E-state index in [9.17, 15) is 23.2 Å². The first kappa shape index (κ1) is 24.2. The number of halogens is 2. The van der Waals surface area contributed by atoms with E-state index in [-0.39, 0.29) is 24.0 Å². The minimum absolute atomic E-state index is 0.0664. The van der Waals surface area contributed by atoms with Gasteiger partial charge in [0.1, 0.15) is 6.04 Å². The van der Waals surface area contributed by atoms with Crippen molar-refractivity contribution in [3.05, 3.63) is 59.2 Å². The molecule has 9 heteroatoms. The summed E-state index contributed by atoms with van der Waals surface area (Å²) in [5, 5.41) is 2.79. The van der Waals surface area contributed by atoms with E-state index in [1.807, 2.05) is 13.8 Å². The first-order valence-corrected chi connectivity index (χ1v) is 10.6. The van der Waals surface area contributed by atoms with E-state index < -0.39 is 30.4 Å². The van der Waals surface area contributed by atoms with Crippen LogP contribution in [0.3, 0.4) is 0 Å². The van der Waals surface area contributed by atoms with Crippen LogP contribution in [-0.2, 0) is 11.2 Å². The molecule has 1 aliphatic heterocycles. The maximum Gasteiger partial charge on any atom is 0.387 e. The lowest BCUT2D eigenvalue weighted by atomic mass is 10.0. The molecule has 0 aliphatic carbocycles. The fourth-order valence-electron chi connectivity index (χ4n) is 3.78. The summed E-state index contributed by atoms with van der Waals surface area (Å²) in [6.07, 6.45) is 0.707. The monoisotopic (exact) mass is 460 g/mol. The second-order valence-corrected chi connectivity index (χ2v) is 8.08. The van der Waals surface area contributed by atoms with Gasteiger partial charge in [0, 0.05) is 6.54 Å². The predicted molar refractivity (Wildman–Crippen MR) is 117 cm³/mol. The molecule has 0 saturated carbocycles. The van der Waals surface area contributed by atoms with E-state index in [1.165, 1.54) is 13.2 Å². The number of ether oxygens (including phenoxy) is 2. The van der Waals surface area contributed by atoms with Crippen LogP contribution in [0.1, 0.15) is 46.5 Å². The fourth-order valence-corrected chi connectivity index (χ4v) is 3.78. The molecule has 1 heterocycles. The Morgan fingerprint density at radius 2 is 1.67 bits per heavy atom. The van der Waals surface area contributed by atoms with Crippen LogP contribution in [0.15, 0.2) is 42.5 Å². The topological polar surface area (TPSA) is 84.9 Å². The molecule has 3 rings (SSSR count). The predicted octanol–water partition coefficient (Wildman–Crippen LogP) is 3.67. The molecule has 1 atom stereocenters. The van der Waals surface area contributed by atoms with Crippen molar-refractivity contribution in [1.29, 1.82) is 0 Å². The number of fused-ring (bicyclic) bond motifs is 1. The van der Waals surface area contributed by atoms with E-state index >= 15 is 0 Å². The Labute approximate surface area is 190 Å². The largest absolute Gasteiger partial charge is 0.493 e. The molecule has 0 saturated heterocycles. The highest BCUT2D eigenvalue weighted by molar-refractivity contribution is 6.22. The first-order chi connectivity index (χ1) is 15.7. The number of imide groups is 1. The van der Waals surface area contributed by atoms with Gasteiger partial charge < -0.3 is 14.8 Å². The third kappa shape index (κ3) is 5.47. The highest BCUT2D eigenvalue weighted by atomic mass is 19.3. The van der Waals surface area contributed by atoms with Crippen LogP contribution in [0.2, 0.25) is 0 Å². The number of nitrogens with zero attached hydrogens (tertiary/aromatic N) is 1. The van der Waals surface area contributed by atoms with Crippen molar-refractivity contribution >= 4 is 17.7 Å². The standard InChI is InChI=1S/C24H26F2N2O5/c1-14(2)12-18(28-22(30)16-6-4-5-7-17(16)23(28)31)21(29)27-11-10-15-8-9-19(33-24(25)26)20(13-15)32-3/h4-9,13-14,18,24H,10-12H2,1-3H3,(H,27,29). The lowest BCUT2D eigenvalue weighted by Crippen LogP contribution is -2.50. The molecule has 1 aliphatic rings. The summed E-state index contributed by atoms with van der Waals surface area (Å²) in [4.78, 5) is 39.8. The molecule has 0 radical (unpaired) electrons. The van der Waals surface area contributed by atoms with E-state index in [0.29, 0.717) is 24.0 Å². The fraction of sp³-hybridized carbons (Fsp3) is 0.375. The zero-order chi connectivity index (χ0) is 24.1. The SMILES string of the molecule is COc1cc(CCNC(=O)C(CC(C)C)N2C(=O)c3ccccc3C2=O)ccc1OC(F)F. The van der Waals surface area contributed by atoms with Gasteiger partial charge in [-0.15, -0.1) is 0 Å². The van der Waals surface area contributed by atoms with Crippen molar-refractivity contribution in [3.8, 4) is 11.5 Å². The number of alkyl halides is 2. The highest BCUT2D eigenvalue weighted by Gasteiger charge is 2.42. The smallest absolute Gasteiger partial charge is 0.387 e. The molecule has 7 nitrogen and oxygen atoms in total. The molecule has 33 heavy (non-hydrogen) atoms. The highest BCUT2D eigenvalue weighted by Crippen LogP contribution is 2.30. The van der Waals surface area contributed by atoms with Gasteiger partial charge in [0.2, 0.25) is 5.91 Å². The Morgan fingerprint density at radius 1 is 1.03 bits per heavy atom. The number of amides is 3. The van der Waals surface area contributed by atoms with Crippen molar-refractivity contribution in [2.45, 2.75) is 39.3 Å². The number of hydrogen-bond acceptors (Lipinski definition) is 5. The molecule has 0 fully saturated rings. The average molecular weight is 460 g/mol. The van der Waals surface area contributed by atoms with E-state index in [2.05, 4.69) is 10.1 Å². The average Bonchev–Trinajstić information content (AvgIpc) is 3.02. The van der Waals surface area contributed by atoms with Crippen molar-refractivity contribution in [2.24, 2.45) is 5.92 Å². The van der Waals surface area contributed by atoms with Crippen LogP contribution < -0.4 is 14.8 Å². The van der Waals surface area contributed by atoms with Gasteiger partial charge in [-0.05, 0) is 48.6 Å². The van der Waals surface area contributed by atoms with Gasteiger partial charge in [0.05, 0.1) is 18.2 Å². The van der Waals surface area contributed by atoms with Crippen molar-refractivity contribution in [1.82, 2.24) is 10.2 Å². The molecule has 1 N–H and O–H groups in total. The van der Waals surface area contributed by atoms with Gasteiger partial charge in [0.25, 0.3) is 11.8 Å². The minimum atomic E-state index is -2.97. The number of rotatable bonds is 10. The van der Waals surface area contributed by atoms with Crippen LogP contribution in [0, 0.1) is 5.92 Å². The third-order valence-electron chi connectivity index (χ3n) is 5.29. The van der Waals surface area contributed by atoms with Crippen molar-refractivity contribution < 1.29 is 32.6 Å². The molecule has 2 aromatic rings. The molecular weight excluding hydrogens is 434 g/mol. The number of nitrogens with one attached hydrogen (secondary N) is 1. The van der Waals surface area contributed by atoms with E-state index in [4.69, 9.17) is 4.74 Å². The zero-order valence-corrected chi connectivity index (χ0v) is 18.6. The van der Waals surface area contributed by atoms with Crippen molar-refractivity contribution in [2.75, 3.05) is 13.7 Å². The van der Waals surface area contributed by atoms with E-state index in [1.54, 1.807) is 36.4 Å². The van der Waals surface area contributed by atoms with Gasteiger partial charge in [-0.3, -0.25) is 19.3 Å². The Hall–Kier alpha value is -3.49. The first-order valence-electron chi connectivity index (χ1n) is 10.6. The Bertz CT molecular complexity index is 1010. The van der Waals surface area contributed by atoms with Crippen LogP contribution in [0.25, 0.3) is 0 Å². The van der Waals surface area contributed by atoms with Crippen LogP contribution >= 0.6 is 0 Å².